The number of thiazole rings is 1. The van der Waals surface area contributed by atoms with E-state index in [2.05, 4.69) is 11.1 Å². The lowest BCUT2D eigenvalue weighted by atomic mass is 10.2. The van der Waals surface area contributed by atoms with E-state index in [1.807, 2.05) is 42.5 Å². The molecule has 5 heteroatoms. The molecule has 0 unspecified atom stereocenters. The van der Waals surface area contributed by atoms with Gasteiger partial charge in [0.1, 0.15) is 16.5 Å². The minimum absolute atomic E-state index is 0.607. The van der Waals surface area contributed by atoms with Gasteiger partial charge in [0.2, 0.25) is 0 Å². The third kappa shape index (κ3) is 3.11. The van der Waals surface area contributed by atoms with Crippen LogP contribution in [0.5, 0.6) is 0 Å². The quantitative estimate of drug-likeness (QED) is 0.386. The highest BCUT2D eigenvalue weighted by Crippen LogP contribution is 2.32. The minimum Gasteiger partial charge on any atom is -0.457 e. The van der Waals surface area contributed by atoms with Gasteiger partial charge in [0.15, 0.2) is 0 Å². The first-order valence-electron chi connectivity index (χ1n) is 7.28. The van der Waals surface area contributed by atoms with E-state index in [4.69, 9.17) is 27.6 Å². The fraction of sp³-hybridized carbons (Fsp3) is 0. The molecule has 2 nitrogen and oxygen atoms in total. The van der Waals surface area contributed by atoms with E-state index in [1.165, 1.54) is 4.70 Å². The number of benzene rings is 2. The normalized spacial score (nSPS) is 11.6. The first kappa shape index (κ1) is 15.5. The van der Waals surface area contributed by atoms with Gasteiger partial charge in [0.25, 0.3) is 0 Å². The lowest BCUT2D eigenvalue weighted by Crippen LogP contribution is -1.76. The molecule has 0 bridgehead atoms. The molecule has 0 atom stereocenters. The summed E-state index contributed by atoms with van der Waals surface area (Å²) in [6, 6.07) is 17.2. The Morgan fingerprint density at radius 3 is 2.71 bits per heavy atom. The van der Waals surface area contributed by atoms with Gasteiger partial charge in [-0.25, -0.2) is 4.98 Å². The van der Waals surface area contributed by atoms with Crippen molar-refractivity contribution in [3.8, 4) is 11.3 Å². The number of furan rings is 1. The van der Waals surface area contributed by atoms with E-state index < -0.39 is 0 Å². The van der Waals surface area contributed by atoms with Crippen molar-refractivity contribution in [3.05, 3.63) is 75.4 Å². The van der Waals surface area contributed by atoms with Crippen LogP contribution in [0.4, 0.5) is 0 Å². The number of para-hydroxylation sites is 1. The number of rotatable bonds is 3. The van der Waals surface area contributed by atoms with Crippen LogP contribution in [-0.2, 0) is 0 Å². The predicted molar refractivity (Wildman–Crippen MR) is 103 cm³/mol. The standard InChI is InChI=1S/C19H11Cl2NOS/c20-12-5-8-15(21)14(11-12)17-9-6-13(23-17)7-10-19-22-16-3-1-2-4-18(16)24-19/h1-11H. The highest BCUT2D eigenvalue weighted by atomic mass is 35.5. The number of hydrogen-bond donors (Lipinski definition) is 0. The lowest BCUT2D eigenvalue weighted by Gasteiger charge is -2.00. The zero-order chi connectivity index (χ0) is 16.5. The Balaban J connectivity index is 1.61. The van der Waals surface area contributed by atoms with Crippen LogP contribution in [0.15, 0.2) is 59.0 Å². The van der Waals surface area contributed by atoms with Gasteiger partial charge in [-0.2, -0.15) is 0 Å². The molecule has 0 fully saturated rings. The molecular formula is C19H11Cl2NOS. The van der Waals surface area contributed by atoms with Gasteiger partial charge in [-0.05, 0) is 54.6 Å². The van der Waals surface area contributed by atoms with Crippen LogP contribution in [0.2, 0.25) is 10.0 Å². The Morgan fingerprint density at radius 2 is 1.83 bits per heavy atom. The molecule has 4 rings (SSSR count). The summed E-state index contributed by atoms with van der Waals surface area (Å²) < 4.78 is 7.02. The average Bonchev–Trinajstić information content (AvgIpc) is 3.21. The van der Waals surface area contributed by atoms with Crippen LogP contribution in [0, 0.1) is 0 Å². The van der Waals surface area contributed by atoms with Gasteiger partial charge in [-0.15, -0.1) is 11.3 Å². The van der Waals surface area contributed by atoms with Crippen LogP contribution in [-0.4, -0.2) is 4.98 Å². The maximum Gasteiger partial charge on any atom is 0.136 e. The molecule has 2 heterocycles. The summed E-state index contributed by atoms with van der Waals surface area (Å²) in [5.74, 6) is 1.42. The first-order chi connectivity index (χ1) is 11.7. The molecule has 118 valence electrons. The molecule has 2 aromatic heterocycles. The second kappa shape index (κ2) is 6.44. The van der Waals surface area contributed by atoms with Crippen molar-refractivity contribution in [2.45, 2.75) is 0 Å². The third-order valence-corrected chi connectivity index (χ3v) is 5.09. The Bertz CT molecular complexity index is 1020. The summed E-state index contributed by atoms with van der Waals surface area (Å²) in [6.45, 7) is 0. The zero-order valence-corrected chi connectivity index (χ0v) is 14.7. The Morgan fingerprint density at radius 1 is 0.958 bits per heavy atom. The van der Waals surface area contributed by atoms with Gasteiger partial charge < -0.3 is 4.42 Å². The smallest absolute Gasteiger partial charge is 0.136 e. The van der Waals surface area contributed by atoms with Crippen molar-refractivity contribution in [1.82, 2.24) is 4.98 Å². The van der Waals surface area contributed by atoms with Crippen molar-refractivity contribution >= 4 is 56.9 Å². The van der Waals surface area contributed by atoms with Gasteiger partial charge in [0, 0.05) is 10.6 Å². The van der Waals surface area contributed by atoms with Gasteiger partial charge in [-0.3, -0.25) is 0 Å². The maximum absolute atomic E-state index is 6.21. The van der Waals surface area contributed by atoms with Gasteiger partial charge in [-0.1, -0.05) is 35.3 Å². The summed E-state index contributed by atoms with van der Waals surface area (Å²) in [6.07, 6.45) is 3.85. The topological polar surface area (TPSA) is 26.0 Å². The second-order valence-corrected chi connectivity index (χ2v) is 7.09. The molecule has 0 radical (unpaired) electrons. The van der Waals surface area contributed by atoms with Crippen LogP contribution in [0.25, 0.3) is 33.7 Å². The van der Waals surface area contributed by atoms with Crippen LogP contribution in [0.1, 0.15) is 10.8 Å². The summed E-state index contributed by atoms with van der Waals surface area (Å²) in [5, 5.41) is 2.17. The first-order valence-corrected chi connectivity index (χ1v) is 8.85. The van der Waals surface area contributed by atoms with E-state index in [9.17, 15) is 0 Å². The minimum atomic E-state index is 0.607. The van der Waals surface area contributed by atoms with E-state index in [0.717, 1.165) is 21.8 Å². The fourth-order valence-corrected chi connectivity index (χ4v) is 3.64. The summed E-state index contributed by atoms with van der Waals surface area (Å²) >= 11 is 13.9. The highest BCUT2D eigenvalue weighted by Gasteiger charge is 2.08. The average molecular weight is 372 g/mol. The molecule has 0 amide bonds. The van der Waals surface area contributed by atoms with Crippen molar-refractivity contribution < 1.29 is 4.42 Å². The fourth-order valence-electron chi connectivity index (χ4n) is 2.39. The molecule has 0 N–H and O–H groups in total. The van der Waals surface area contributed by atoms with Crippen molar-refractivity contribution in [2.75, 3.05) is 0 Å². The van der Waals surface area contributed by atoms with Crippen molar-refractivity contribution in [3.63, 3.8) is 0 Å². The molecular weight excluding hydrogens is 361 g/mol. The summed E-state index contributed by atoms with van der Waals surface area (Å²) in [7, 11) is 0. The third-order valence-electron chi connectivity index (χ3n) is 3.52. The molecule has 0 spiro atoms. The van der Waals surface area contributed by atoms with Crippen molar-refractivity contribution in [1.29, 1.82) is 0 Å². The van der Waals surface area contributed by atoms with Gasteiger partial charge in [0.05, 0.1) is 15.2 Å². The number of nitrogens with zero attached hydrogens (tertiary/aromatic N) is 1. The van der Waals surface area contributed by atoms with E-state index >= 15 is 0 Å². The molecule has 2 aromatic carbocycles. The Labute approximate surface area is 153 Å². The van der Waals surface area contributed by atoms with Crippen LogP contribution >= 0.6 is 34.5 Å². The molecule has 4 aromatic rings. The number of halogens is 2. The summed E-state index contributed by atoms with van der Waals surface area (Å²) in [4.78, 5) is 4.57. The second-order valence-electron chi connectivity index (χ2n) is 5.18. The van der Waals surface area contributed by atoms with Crippen LogP contribution < -0.4 is 0 Å². The van der Waals surface area contributed by atoms with E-state index in [0.29, 0.717) is 15.8 Å². The van der Waals surface area contributed by atoms with E-state index in [-0.39, 0.29) is 0 Å². The molecule has 24 heavy (non-hydrogen) atoms. The molecule has 0 saturated heterocycles. The molecule has 0 aliphatic heterocycles. The molecule has 0 aliphatic rings. The Kier molecular flexibility index (Phi) is 4.15. The van der Waals surface area contributed by atoms with E-state index in [1.54, 1.807) is 29.5 Å². The zero-order valence-electron chi connectivity index (χ0n) is 12.4. The molecule has 0 saturated carbocycles. The number of hydrogen-bond acceptors (Lipinski definition) is 3. The maximum atomic E-state index is 6.21. The number of aromatic nitrogens is 1. The highest BCUT2D eigenvalue weighted by molar-refractivity contribution is 7.19. The number of fused-ring (bicyclic) bond motifs is 1. The summed E-state index contributed by atoms with van der Waals surface area (Å²) in [5.41, 5.74) is 1.79. The SMILES string of the molecule is Clc1ccc(Cl)c(-c2ccc(C=Cc3nc4ccccc4s3)o2)c1. The van der Waals surface area contributed by atoms with Crippen LogP contribution in [0.3, 0.4) is 0 Å². The molecule has 0 aliphatic carbocycles. The largest absolute Gasteiger partial charge is 0.457 e. The monoisotopic (exact) mass is 371 g/mol. The Hall–Kier alpha value is -2.07. The predicted octanol–water partition coefficient (Wildman–Crippen LogP) is 7.03. The van der Waals surface area contributed by atoms with Crippen molar-refractivity contribution in [2.24, 2.45) is 0 Å². The van der Waals surface area contributed by atoms with Gasteiger partial charge >= 0.3 is 0 Å². The lowest BCUT2D eigenvalue weighted by molar-refractivity contribution is 0.572.